The minimum absolute atomic E-state index is 0.126. The van der Waals surface area contributed by atoms with Crippen molar-refractivity contribution >= 4 is 5.97 Å². The molecule has 1 heterocycles. The molecule has 7 heteroatoms. The lowest BCUT2D eigenvalue weighted by atomic mass is 9.96. The zero-order valence-corrected chi connectivity index (χ0v) is 29.3. The molecule has 0 aliphatic heterocycles. The van der Waals surface area contributed by atoms with Crippen LogP contribution in [0, 0.1) is 5.92 Å². The van der Waals surface area contributed by atoms with Crippen molar-refractivity contribution in [3.8, 4) is 67.9 Å². The number of aromatic hydroxyl groups is 1. The fraction of sp³-hybridized carbons (Fsp3) is 0.227. The summed E-state index contributed by atoms with van der Waals surface area (Å²) in [5.74, 6) is 0.896. The van der Waals surface area contributed by atoms with Crippen molar-refractivity contribution < 1.29 is 19.7 Å². The number of carboxylic acid groups (broad SMARTS) is 1. The number of phenolic OH excluding ortho intramolecular Hbond substituents is 1. The first-order valence-electron chi connectivity index (χ1n) is 17.5. The van der Waals surface area contributed by atoms with Crippen molar-refractivity contribution in [2.45, 2.75) is 58.5 Å². The SMILES string of the molecule is CC(C)CCCCCC(C)(Oc1ccc(-c2nc(-c3ccc(-c4ccccc4)cc3)nc(-c3ccc(-c4ccccc4)cc3)n2)c(O)c1)C(=O)O. The van der Waals surface area contributed by atoms with Crippen LogP contribution < -0.4 is 4.74 Å². The van der Waals surface area contributed by atoms with Gasteiger partial charge in [-0.25, -0.2) is 19.7 Å². The molecule has 0 aliphatic carbocycles. The second-order valence-electron chi connectivity index (χ2n) is 13.5. The van der Waals surface area contributed by atoms with Gasteiger partial charge < -0.3 is 14.9 Å². The number of aliphatic carboxylic acids is 1. The summed E-state index contributed by atoms with van der Waals surface area (Å²) in [6, 6.07) is 41.1. The van der Waals surface area contributed by atoms with E-state index < -0.39 is 11.6 Å². The molecule has 6 aromatic rings. The van der Waals surface area contributed by atoms with Gasteiger partial charge in [-0.3, -0.25) is 0 Å². The highest BCUT2D eigenvalue weighted by molar-refractivity contribution is 5.78. The van der Waals surface area contributed by atoms with E-state index in [9.17, 15) is 15.0 Å². The van der Waals surface area contributed by atoms with Crippen molar-refractivity contribution in [2.24, 2.45) is 5.92 Å². The van der Waals surface area contributed by atoms with Gasteiger partial charge in [-0.2, -0.15) is 0 Å². The number of carbonyl (C=O) groups is 1. The fourth-order valence-electron chi connectivity index (χ4n) is 6.06. The lowest BCUT2D eigenvalue weighted by molar-refractivity contribution is -0.154. The van der Waals surface area contributed by atoms with Crippen LogP contribution in [0.2, 0.25) is 0 Å². The van der Waals surface area contributed by atoms with Crippen LogP contribution in [-0.4, -0.2) is 36.7 Å². The molecule has 6 rings (SSSR count). The average Bonchev–Trinajstić information content (AvgIpc) is 3.15. The average molecular weight is 678 g/mol. The van der Waals surface area contributed by atoms with Gasteiger partial charge in [0.15, 0.2) is 17.5 Å². The van der Waals surface area contributed by atoms with Gasteiger partial charge in [0, 0.05) is 17.2 Å². The van der Waals surface area contributed by atoms with Gasteiger partial charge in [0.05, 0.1) is 5.56 Å². The largest absolute Gasteiger partial charge is 0.507 e. The fourth-order valence-corrected chi connectivity index (χ4v) is 6.06. The molecular formula is C44H43N3O4. The Morgan fingerprint density at radius 3 is 1.57 bits per heavy atom. The Balaban J connectivity index is 1.32. The lowest BCUT2D eigenvalue weighted by Gasteiger charge is -2.26. The van der Waals surface area contributed by atoms with E-state index in [-0.39, 0.29) is 17.3 Å². The maximum Gasteiger partial charge on any atom is 0.347 e. The van der Waals surface area contributed by atoms with Gasteiger partial charge in [0.1, 0.15) is 11.5 Å². The number of nitrogens with zero attached hydrogens (tertiary/aromatic N) is 3. The molecule has 1 unspecified atom stereocenters. The third-order valence-electron chi connectivity index (χ3n) is 9.08. The number of unbranched alkanes of at least 4 members (excludes halogenated alkanes) is 2. The number of aromatic nitrogens is 3. The maximum atomic E-state index is 12.3. The third kappa shape index (κ3) is 8.68. The summed E-state index contributed by atoms with van der Waals surface area (Å²) in [4.78, 5) is 26.8. The third-order valence-corrected chi connectivity index (χ3v) is 9.08. The second-order valence-corrected chi connectivity index (χ2v) is 13.5. The molecule has 0 aliphatic rings. The molecule has 2 N–H and O–H groups in total. The number of phenols is 1. The van der Waals surface area contributed by atoms with Crippen molar-refractivity contribution in [3.63, 3.8) is 0 Å². The maximum absolute atomic E-state index is 12.3. The van der Waals surface area contributed by atoms with Crippen molar-refractivity contribution in [3.05, 3.63) is 127 Å². The number of ether oxygens (including phenoxy) is 1. The van der Waals surface area contributed by atoms with Crippen molar-refractivity contribution in [1.82, 2.24) is 15.0 Å². The Hall–Kier alpha value is -5.82. The highest BCUT2D eigenvalue weighted by Gasteiger charge is 2.35. The molecule has 0 saturated heterocycles. The molecule has 0 fully saturated rings. The number of carboxylic acids is 1. The Kier molecular flexibility index (Phi) is 10.9. The van der Waals surface area contributed by atoms with E-state index in [1.807, 2.05) is 84.9 Å². The van der Waals surface area contributed by atoms with Gasteiger partial charge in [-0.1, -0.05) is 142 Å². The van der Waals surface area contributed by atoms with Crippen LogP contribution in [-0.2, 0) is 4.79 Å². The normalized spacial score (nSPS) is 12.4. The number of rotatable bonds is 14. The summed E-state index contributed by atoms with van der Waals surface area (Å²) < 4.78 is 6.03. The van der Waals surface area contributed by atoms with Crippen molar-refractivity contribution in [1.29, 1.82) is 0 Å². The van der Waals surface area contributed by atoms with Gasteiger partial charge in [-0.15, -0.1) is 0 Å². The molecule has 0 amide bonds. The van der Waals surface area contributed by atoms with E-state index in [4.69, 9.17) is 19.7 Å². The molecule has 5 aromatic carbocycles. The van der Waals surface area contributed by atoms with E-state index in [0.717, 1.165) is 59.1 Å². The molecule has 7 nitrogen and oxygen atoms in total. The standard InChI is InChI=1S/C44H43N3O4/c1-30(2)13-7-6-12-28-44(3,43(49)50)51-37-26-27-38(39(48)29-37)42-46-40(35-22-18-33(19-23-35)31-14-8-4-9-15-31)45-41(47-42)36-24-20-34(21-25-36)32-16-10-5-11-17-32/h4-5,8-11,14-27,29-30,48H,6-7,12-13,28H2,1-3H3,(H,49,50). The van der Waals surface area contributed by atoms with Gasteiger partial charge in [-0.05, 0) is 60.1 Å². The first-order valence-corrected chi connectivity index (χ1v) is 17.5. The van der Waals surface area contributed by atoms with Crippen molar-refractivity contribution in [2.75, 3.05) is 0 Å². The molecule has 0 radical (unpaired) electrons. The smallest absolute Gasteiger partial charge is 0.347 e. The summed E-state index contributed by atoms with van der Waals surface area (Å²) >= 11 is 0. The quantitative estimate of drug-likeness (QED) is 0.111. The molecule has 1 aromatic heterocycles. The first-order chi connectivity index (χ1) is 24.7. The number of hydrogen-bond acceptors (Lipinski definition) is 6. The van der Waals surface area contributed by atoms with Crippen LogP contribution in [0.1, 0.15) is 52.9 Å². The van der Waals surface area contributed by atoms with Crippen LogP contribution in [0.5, 0.6) is 11.5 Å². The summed E-state index contributed by atoms with van der Waals surface area (Å²) in [6.07, 6.45) is 4.18. The predicted octanol–water partition coefficient (Wildman–Crippen LogP) is 10.7. The van der Waals surface area contributed by atoms with Gasteiger partial charge in [0.25, 0.3) is 0 Å². The van der Waals surface area contributed by atoms with Crippen LogP contribution in [0.15, 0.2) is 127 Å². The molecular weight excluding hydrogens is 635 g/mol. The van der Waals surface area contributed by atoms with E-state index in [1.54, 1.807) is 19.1 Å². The monoisotopic (exact) mass is 677 g/mol. The topological polar surface area (TPSA) is 105 Å². The highest BCUT2D eigenvalue weighted by Crippen LogP contribution is 2.35. The lowest BCUT2D eigenvalue weighted by Crippen LogP contribution is -2.41. The summed E-state index contributed by atoms with van der Waals surface area (Å²) in [7, 11) is 0. The van der Waals surface area contributed by atoms with Crippen LogP contribution >= 0.6 is 0 Å². The molecule has 1 atom stereocenters. The van der Waals surface area contributed by atoms with Crippen LogP contribution in [0.4, 0.5) is 0 Å². The first kappa shape index (κ1) is 35.0. The Bertz CT molecular complexity index is 1960. The van der Waals surface area contributed by atoms with Gasteiger partial charge >= 0.3 is 5.97 Å². The van der Waals surface area contributed by atoms with Crippen LogP contribution in [0.25, 0.3) is 56.4 Å². The molecule has 258 valence electrons. The molecule has 0 spiro atoms. The summed E-state index contributed by atoms with van der Waals surface area (Å²) in [6.45, 7) is 5.96. The van der Waals surface area contributed by atoms with E-state index in [2.05, 4.69) is 38.1 Å². The van der Waals surface area contributed by atoms with E-state index in [0.29, 0.717) is 29.6 Å². The number of hydrogen-bond donors (Lipinski definition) is 2. The molecule has 51 heavy (non-hydrogen) atoms. The minimum Gasteiger partial charge on any atom is -0.507 e. The van der Waals surface area contributed by atoms with E-state index >= 15 is 0 Å². The predicted molar refractivity (Wildman–Crippen MR) is 203 cm³/mol. The molecule has 0 saturated carbocycles. The highest BCUT2D eigenvalue weighted by atomic mass is 16.5. The second kappa shape index (κ2) is 15.8. The Morgan fingerprint density at radius 1 is 0.627 bits per heavy atom. The minimum atomic E-state index is -1.43. The Labute approximate surface area is 299 Å². The van der Waals surface area contributed by atoms with E-state index in [1.165, 1.54) is 6.07 Å². The molecule has 0 bridgehead atoms. The number of benzene rings is 5. The summed E-state index contributed by atoms with van der Waals surface area (Å²) in [5, 5.41) is 21.4. The zero-order valence-electron chi connectivity index (χ0n) is 29.3. The van der Waals surface area contributed by atoms with Gasteiger partial charge in [0.2, 0.25) is 5.60 Å². The Morgan fingerprint density at radius 2 is 1.10 bits per heavy atom. The van der Waals surface area contributed by atoms with Crippen LogP contribution in [0.3, 0.4) is 0 Å². The zero-order chi connectivity index (χ0) is 35.8. The summed E-state index contributed by atoms with van der Waals surface area (Å²) in [5.41, 5.74) is 4.90.